The maximum atomic E-state index is 11.5. The smallest absolute Gasteiger partial charge is 0.220 e. The van der Waals surface area contributed by atoms with Crippen molar-refractivity contribution >= 4 is 40.0 Å². The van der Waals surface area contributed by atoms with Crippen LogP contribution in [0.25, 0.3) is 33.4 Å². The zero-order valence-electron chi connectivity index (χ0n) is 23.3. The number of fused-ring (bicyclic) bond motifs is 1. The van der Waals surface area contributed by atoms with Gasteiger partial charge in [-0.15, -0.1) is 0 Å². The van der Waals surface area contributed by atoms with Crippen LogP contribution < -0.4 is 20.7 Å². The van der Waals surface area contributed by atoms with Crippen molar-refractivity contribution in [2.45, 2.75) is 32.4 Å². The number of hydrogen-bond donors (Lipinski definition) is 3. The zero-order chi connectivity index (χ0) is 29.1. The van der Waals surface area contributed by atoms with Gasteiger partial charge in [0, 0.05) is 66.5 Å². The summed E-state index contributed by atoms with van der Waals surface area (Å²) in [5.41, 5.74) is 7.73. The average Bonchev–Trinajstić information content (AvgIpc) is 3.43. The van der Waals surface area contributed by atoms with Gasteiger partial charge in [0.1, 0.15) is 5.52 Å². The zero-order valence-corrected chi connectivity index (χ0v) is 24.1. The number of nitrogens with zero attached hydrogens (tertiary/aromatic N) is 4. The molecule has 1 aliphatic heterocycles. The SMILES string of the molecule is COc1nc(-c2cccc(-c3cccc(Nc4nccc5nccnc45)c3C)c2Cl)ccc1CNCC1CCC(=O)N1. The number of methoxy groups -OCH3 is 1. The van der Waals surface area contributed by atoms with Crippen LogP contribution in [0.2, 0.25) is 5.02 Å². The van der Waals surface area contributed by atoms with Gasteiger partial charge in [0.05, 0.1) is 23.3 Å². The van der Waals surface area contributed by atoms with E-state index in [0.717, 1.165) is 51.1 Å². The first-order valence-corrected chi connectivity index (χ1v) is 14.1. The third kappa shape index (κ3) is 5.61. The minimum Gasteiger partial charge on any atom is -0.481 e. The first-order valence-electron chi connectivity index (χ1n) is 13.8. The Balaban J connectivity index is 1.26. The number of halogens is 1. The monoisotopic (exact) mass is 579 g/mol. The van der Waals surface area contributed by atoms with Gasteiger partial charge in [-0.1, -0.05) is 48.0 Å². The third-order valence-corrected chi connectivity index (χ3v) is 7.87. The van der Waals surface area contributed by atoms with E-state index in [0.29, 0.717) is 41.7 Å². The maximum Gasteiger partial charge on any atom is 0.220 e. The summed E-state index contributed by atoms with van der Waals surface area (Å²) >= 11 is 7.07. The first-order chi connectivity index (χ1) is 20.5. The van der Waals surface area contributed by atoms with E-state index in [2.05, 4.69) is 43.9 Å². The summed E-state index contributed by atoms with van der Waals surface area (Å²) in [6.45, 7) is 3.33. The van der Waals surface area contributed by atoms with Crippen LogP contribution in [0.1, 0.15) is 24.0 Å². The van der Waals surface area contributed by atoms with Crippen molar-refractivity contribution < 1.29 is 9.53 Å². The molecule has 3 aromatic heterocycles. The Hall–Kier alpha value is -4.60. The van der Waals surface area contributed by atoms with E-state index in [1.165, 1.54) is 0 Å². The van der Waals surface area contributed by atoms with E-state index in [1.807, 2.05) is 48.5 Å². The Kier molecular flexibility index (Phi) is 7.94. The molecule has 5 aromatic rings. The van der Waals surface area contributed by atoms with Gasteiger partial charge in [0.2, 0.25) is 11.8 Å². The lowest BCUT2D eigenvalue weighted by atomic mass is 9.96. The molecule has 2 aromatic carbocycles. The predicted molar refractivity (Wildman–Crippen MR) is 165 cm³/mol. The fourth-order valence-corrected chi connectivity index (χ4v) is 5.58. The second-order valence-corrected chi connectivity index (χ2v) is 10.5. The molecule has 0 aliphatic carbocycles. The first kappa shape index (κ1) is 27.6. The molecule has 1 fully saturated rings. The summed E-state index contributed by atoms with van der Waals surface area (Å²) in [5.74, 6) is 1.28. The molecule has 1 saturated heterocycles. The molecule has 1 amide bonds. The van der Waals surface area contributed by atoms with Gasteiger partial charge in [-0.25, -0.2) is 15.0 Å². The van der Waals surface area contributed by atoms with Gasteiger partial charge in [0.25, 0.3) is 0 Å². The lowest BCUT2D eigenvalue weighted by Crippen LogP contribution is -2.35. The number of amides is 1. The number of benzene rings is 2. The van der Waals surface area contributed by atoms with Gasteiger partial charge in [-0.3, -0.25) is 9.78 Å². The highest BCUT2D eigenvalue weighted by Crippen LogP contribution is 2.39. The van der Waals surface area contributed by atoms with Crippen LogP contribution in [0.4, 0.5) is 11.5 Å². The van der Waals surface area contributed by atoms with E-state index >= 15 is 0 Å². The van der Waals surface area contributed by atoms with Crippen molar-refractivity contribution in [2.24, 2.45) is 0 Å². The summed E-state index contributed by atoms with van der Waals surface area (Å²) in [5, 5.41) is 10.4. The van der Waals surface area contributed by atoms with Crippen LogP contribution in [0, 0.1) is 6.92 Å². The highest BCUT2D eigenvalue weighted by Gasteiger charge is 2.20. The lowest BCUT2D eigenvalue weighted by molar-refractivity contribution is -0.119. The van der Waals surface area contributed by atoms with Gasteiger partial charge in [-0.2, -0.15) is 0 Å². The van der Waals surface area contributed by atoms with E-state index in [4.69, 9.17) is 21.3 Å². The van der Waals surface area contributed by atoms with Gasteiger partial charge < -0.3 is 20.7 Å². The average molecular weight is 580 g/mol. The molecular weight excluding hydrogens is 550 g/mol. The lowest BCUT2D eigenvalue weighted by Gasteiger charge is -2.17. The summed E-state index contributed by atoms with van der Waals surface area (Å²) in [6.07, 6.45) is 6.48. The molecule has 1 atom stereocenters. The normalized spacial score (nSPS) is 14.6. The Bertz CT molecular complexity index is 1770. The molecule has 10 heteroatoms. The van der Waals surface area contributed by atoms with Crippen LogP contribution >= 0.6 is 11.6 Å². The highest BCUT2D eigenvalue weighted by atomic mass is 35.5. The standard InChI is InChI=1S/C32H30ClN7O2/c1-19-22(5-4-8-25(19)39-31-30-27(13-14-37-31)35-15-16-36-30)23-6-3-7-24(29(23)33)26-11-9-20(32(40-26)42-2)17-34-18-21-10-12-28(41)38-21/h3-9,11,13-16,21,34H,10,12,17-18H2,1-2H3,(H,37,39)(H,38,41). The van der Waals surface area contributed by atoms with Crippen LogP contribution in [-0.4, -0.2) is 45.5 Å². The molecule has 3 N–H and O–H groups in total. The van der Waals surface area contributed by atoms with Crippen molar-refractivity contribution in [1.82, 2.24) is 30.6 Å². The molecule has 4 heterocycles. The molecule has 42 heavy (non-hydrogen) atoms. The third-order valence-electron chi connectivity index (χ3n) is 7.46. The van der Waals surface area contributed by atoms with E-state index in [1.54, 1.807) is 25.7 Å². The van der Waals surface area contributed by atoms with Crippen molar-refractivity contribution in [2.75, 3.05) is 19.0 Å². The Morgan fingerprint density at radius 1 is 0.976 bits per heavy atom. The van der Waals surface area contributed by atoms with Crippen molar-refractivity contribution in [3.8, 4) is 28.3 Å². The molecule has 212 valence electrons. The van der Waals surface area contributed by atoms with E-state index in [-0.39, 0.29) is 11.9 Å². The topological polar surface area (TPSA) is 114 Å². The number of ether oxygens (including phenoxy) is 1. The number of hydrogen-bond acceptors (Lipinski definition) is 8. The predicted octanol–water partition coefficient (Wildman–Crippen LogP) is 5.84. The van der Waals surface area contributed by atoms with Crippen LogP contribution in [0.5, 0.6) is 5.88 Å². The van der Waals surface area contributed by atoms with Crippen molar-refractivity contribution in [1.29, 1.82) is 0 Å². The van der Waals surface area contributed by atoms with Crippen LogP contribution in [-0.2, 0) is 11.3 Å². The highest BCUT2D eigenvalue weighted by molar-refractivity contribution is 6.36. The van der Waals surface area contributed by atoms with E-state index < -0.39 is 0 Å². The molecule has 0 spiro atoms. The number of aromatic nitrogens is 4. The summed E-state index contributed by atoms with van der Waals surface area (Å²) in [7, 11) is 1.61. The Morgan fingerprint density at radius 3 is 2.62 bits per heavy atom. The summed E-state index contributed by atoms with van der Waals surface area (Å²) in [6, 6.07) is 18.0. The second kappa shape index (κ2) is 12.1. The van der Waals surface area contributed by atoms with Crippen LogP contribution in [0.15, 0.2) is 73.2 Å². The molecule has 0 bridgehead atoms. The molecule has 1 aliphatic rings. The number of carbonyl (C=O) groups is 1. The number of anilines is 2. The minimum atomic E-state index is 0.111. The van der Waals surface area contributed by atoms with E-state index in [9.17, 15) is 4.79 Å². The molecule has 9 nitrogen and oxygen atoms in total. The fraction of sp³-hybridized carbons (Fsp3) is 0.219. The molecule has 1 unspecified atom stereocenters. The molecule has 0 saturated carbocycles. The van der Waals surface area contributed by atoms with Gasteiger partial charge >= 0.3 is 0 Å². The van der Waals surface area contributed by atoms with Crippen molar-refractivity contribution in [3.05, 3.63) is 89.3 Å². The van der Waals surface area contributed by atoms with Gasteiger partial charge in [0.15, 0.2) is 5.82 Å². The maximum absolute atomic E-state index is 11.5. The number of rotatable bonds is 9. The number of pyridine rings is 2. The van der Waals surface area contributed by atoms with Crippen LogP contribution in [0.3, 0.4) is 0 Å². The van der Waals surface area contributed by atoms with Crippen molar-refractivity contribution in [3.63, 3.8) is 0 Å². The largest absolute Gasteiger partial charge is 0.481 e. The Labute approximate surface area is 248 Å². The molecule has 0 radical (unpaired) electrons. The number of carbonyl (C=O) groups excluding carboxylic acids is 1. The Morgan fingerprint density at radius 2 is 1.79 bits per heavy atom. The summed E-state index contributed by atoms with van der Waals surface area (Å²) in [4.78, 5) is 29.6. The quantitative estimate of drug-likeness (QED) is 0.200. The molecule has 6 rings (SSSR count). The fourth-order valence-electron chi connectivity index (χ4n) is 5.26. The minimum absolute atomic E-state index is 0.111. The number of nitrogens with one attached hydrogen (secondary N) is 3. The molecular formula is C32H30ClN7O2. The summed E-state index contributed by atoms with van der Waals surface area (Å²) < 4.78 is 5.64. The van der Waals surface area contributed by atoms with Gasteiger partial charge in [-0.05, 0) is 42.7 Å². The second-order valence-electron chi connectivity index (χ2n) is 10.2.